The summed E-state index contributed by atoms with van der Waals surface area (Å²) < 4.78 is 26.7. The van der Waals surface area contributed by atoms with Crippen molar-refractivity contribution in [3.05, 3.63) is 24.4 Å². The van der Waals surface area contributed by atoms with Crippen molar-refractivity contribution >= 4 is 26.6 Å². The van der Waals surface area contributed by atoms with E-state index >= 15 is 0 Å². The molecular weight excluding hydrogens is 266 g/mol. The molecule has 5 N–H and O–H groups in total. The second kappa shape index (κ2) is 5.20. The maximum Gasteiger partial charge on any atom is 0.242 e. The molecule has 0 bridgehead atoms. The normalized spacial score (nSPS) is 13.8. The predicted molar refractivity (Wildman–Crippen MR) is 74.2 cm³/mol. The lowest BCUT2D eigenvalue weighted by molar-refractivity contribution is 0.186. The summed E-state index contributed by atoms with van der Waals surface area (Å²) in [6.45, 7) is 1.80. The minimum Gasteiger partial charge on any atom is -0.399 e. The van der Waals surface area contributed by atoms with Gasteiger partial charge in [0.15, 0.2) is 0 Å². The second-order valence-corrected chi connectivity index (χ2v) is 6.23. The number of rotatable bonds is 5. The van der Waals surface area contributed by atoms with Crippen molar-refractivity contribution < 1.29 is 13.5 Å². The van der Waals surface area contributed by atoms with Crippen LogP contribution >= 0.6 is 0 Å². The summed E-state index contributed by atoms with van der Waals surface area (Å²) in [6, 6.07) is 5.06. The zero-order valence-corrected chi connectivity index (χ0v) is 11.4. The average Bonchev–Trinajstić information content (AvgIpc) is 2.71. The van der Waals surface area contributed by atoms with Gasteiger partial charge in [-0.15, -0.1) is 0 Å². The molecule has 0 saturated heterocycles. The number of hydrogen-bond donors (Lipinski definition) is 4. The zero-order valence-electron chi connectivity index (χ0n) is 10.6. The van der Waals surface area contributed by atoms with Crippen LogP contribution in [0.2, 0.25) is 0 Å². The molecule has 0 aliphatic rings. The second-order valence-electron chi connectivity index (χ2n) is 4.49. The molecule has 0 aliphatic heterocycles. The van der Waals surface area contributed by atoms with Crippen LogP contribution in [-0.2, 0) is 10.0 Å². The van der Waals surface area contributed by atoms with E-state index in [0.717, 1.165) is 0 Å². The van der Waals surface area contributed by atoms with Crippen LogP contribution in [0.15, 0.2) is 29.3 Å². The topological polar surface area (TPSA) is 108 Å². The fraction of sp³-hybridized carbons (Fsp3) is 0.333. The summed E-state index contributed by atoms with van der Waals surface area (Å²) in [7, 11) is -3.60. The van der Waals surface area contributed by atoms with Crippen LogP contribution in [0.4, 0.5) is 5.69 Å². The smallest absolute Gasteiger partial charge is 0.242 e. The van der Waals surface area contributed by atoms with Crippen LogP contribution in [0.25, 0.3) is 10.9 Å². The Morgan fingerprint density at radius 2 is 2.21 bits per heavy atom. The molecule has 0 fully saturated rings. The highest BCUT2D eigenvalue weighted by Crippen LogP contribution is 2.24. The molecular formula is C12H17N3O3S. The number of benzene rings is 1. The molecule has 1 atom stereocenters. The number of H-pyrrole nitrogens is 1. The number of nitrogen functional groups attached to an aromatic ring is 1. The van der Waals surface area contributed by atoms with Gasteiger partial charge in [0.1, 0.15) is 4.90 Å². The number of aromatic nitrogens is 1. The van der Waals surface area contributed by atoms with Gasteiger partial charge >= 0.3 is 0 Å². The van der Waals surface area contributed by atoms with Crippen molar-refractivity contribution in [2.45, 2.75) is 24.3 Å². The number of fused-ring (bicyclic) bond motifs is 1. The van der Waals surface area contributed by atoms with Gasteiger partial charge < -0.3 is 15.8 Å². The van der Waals surface area contributed by atoms with Gasteiger partial charge in [0, 0.05) is 29.3 Å². The first-order valence-corrected chi connectivity index (χ1v) is 7.43. The molecule has 2 rings (SSSR count). The fourth-order valence-electron chi connectivity index (χ4n) is 1.81. The number of aromatic amines is 1. The van der Waals surface area contributed by atoms with Gasteiger partial charge in [-0.1, -0.05) is 0 Å². The highest BCUT2D eigenvalue weighted by Gasteiger charge is 2.18. The number of sulfonamides is 1. The Balaban J connectivity index is 2.30. The molecule has 7 heteroatoms. The molecule has 2 aromatic rings. The average molecular weight is 283 g/mol. The van der Waals surface area contributed by atoms with Gasteiger partial charge in [0.05, 0.1) is 6.10 Å². The highest BCUT2D eigenvalue weighted by atomic mass is 32.2. The van der Waals surface area contributed by atoms with Gasteiger partial charge in [-0.25, -0.2) is 13.1 Å². The Morgan fingerprint density at radius 1 is 1.47 bits per heavy atom. The van der Waals surface area contributed by atoms with Gasteiger partial charge in [-0.05, 0) is 31.5 Å². The Morgan fingerprint density at radius 3 is 2.89 bits per heavy atom. The van der Waals surface area contributed by atoms with Gasteiger partial charge in [-0.2, -0.15) is 0 Å². The summed E-state index contributed by atoms with van der Waals surface area (Å²) in [5.41, 5.74) is 6.89. The summed E-state index contributed by atoms with van der Waals surface area (Å²) >= 11 is 0. The van der Waals surface area contributed by atoms with E-state index in [9.17, 15) is 8.42 Å². The van der Waals surface area contributed by atoms with Gasteiger partial charge in [-0.3, -0.25) is 0 Å². The Labute approximate surface area is 111 Å². The lowest BCUT2D eigenvalue weighted by Gasteiger charge is -2.07. The lowest BCUT2D eigenvalue weighted by atomic mass is 10.2. The standard InChI is InChI=1S/C12H17N3O3S/c1-8(16)4-5-15-19(17,18)12-7-14-11-3-2-9(13)6-10(11)12/h2-3,6-8,14-16H,4-5,13H2,1H3. The van der Waals surface area contributed by atoms with E-state index in [4.69, 9.17) is 10.8 Å². The van der Waals surface area contributed by atoms with Crippen molar-refractivity contribution in [1.29, 1.82) is 0 Å². The summed E-state index contributed by atoms with van der Waals surface area (Å²) in [5, 5.41) is 9.69. The molecule has 104 valence electrons. The Bertz CT molecular complexity index is 677. The third-order valence-corrected chi connectivity index (χ3v) is 4.31. The van der Waals surface area contributed by atoms with Crippen LogP contribution in [-0.4, -0.2) is 31.2 Å². The summed E-state index contributed by atoms with van der Waals surface area (Å²) in [5.74, 6) is 0. The lowest BCUT2D eigenvalue weighted by Crippen LogP contribution is -2.26. The van der Waals surface area contributed by atoms with Crippen LogP contribution in [0.1, 0.15) is 13.3 Å². The summed E-state index contributed by atoms with van der Waals surface area (Å²) in [4.78, 5) is 3.06. The van der Waals surface area contributed by atoms with Crippen LogP contribution in [0, 0.1) is 0 Å². The van der Waals surface area contributed by atoms with Crippen LogP contribution in [0.5, 0.6) is 0 Å². The number of aliphatic hydroxyl groups excluding tert-OH is 1. The monoisotopic (exact) mass is 283 g/mol. The third kappa shape index (κ3) is 3.06. The molecule has 6 nitrogen and oxygen atoms in total. The van der Waals surface area contributed by atoms with E-state index in [0.29, 0.717) is 23.0 Å². The van der Waals surface area contributed by atoms with E-state index in [2.05, 4.69) is 9.71 Å². The van der Waals surface area contributed by atoms with Crippen LogP contribution < -0.4 is 10.5 Å². The molecule has 1 aromatic carbocycles. The van der Waals surface area contributed by atoms with Gasteiger partial charge in [0.2, 0.25) is 10.0 Å². The molecule has 0 saturated carbocycles. The first kappa shape index (κ1) is 13.9. The molecule has 1 aromatic heterocycles. The molecule has 0 spiro atoms. The maximum atomic E-state index is 12.1. The van der Waals surface area contributed by atoms with Crippen molar-refractivity contribution in [1.82, 2.24) is 9.71 Å². The Kier molecular flexibility index (Phi) is 3.79. The quantitative estimate of drug-likeness (QED) is 0.609. The number of nitrogens with one attached hydrogen (secondary N) is 2. The van der Waals surface area contributed by atoms with E-state index in [1.165, 1.54) is 6.20 Å². The van der Waals surface area contributed by atoms with E-state index in [1.54, 1.807) is 25.1 Å². The highest BCUT2D eigenvalue weighted by molar-refractivity contribution is 7.89. The largest absolute Gasteiger partial charge is 0.399 e. The zero-order chi connectivity index (χ0) is 14.0. The molecule has 0 amide bonds. The number of anilines is 1. The van der Waals surface area contributed by atoms with Crippen LogP contribution in [0.3, 0.4) is 0 Å². The van der Waals surface area contributed by atoms with Crippen molar-refractivity contribution in [3.63, 3.8) is 0 Å². The molecule has 19 heavy (non-hydrogen) atoms. The van der Waals surface area contributed by atoms with Crippen molar-refractivity contribution in [3.8, 4) is 0 Å². The predicted octanol–water partition coefficient (Wildman–Crippen LogP) is 0.799. The first-order valence-electron chi connectivity index (χ1n) is 5.94. The fourth-order valence-corrected chi connectivity index (χ4v) is 3.03. The SMILES string of the molecule is CC(O)CCNS(=O)(=O)c1c[nH]c2ccc(N)cc12. The molecule has 1 heterocycles. The van der Waals surface area contributed by atoms with Crippen molar-refractivity contribution in [2.75, 3.05) is 12.3 Å². The number of nitrogens with two attached hydrogens (primary N) is 1. The molecule has 1 unspecified atom stereocenters. The minimum atomic E-state index is -3.60. The maximum absolute atomic E-state index is 12.1. The number of hydrogen-bond acceptors (Lipinski definition) is 4. The van der Waals surface area contributed by atoms with E-state index in [1.807, 2.05) is 0 Å². The first-order chi connectivity index (χ1) is 8.90. The minimum absolute atomic E-state index is 0.167. The van der Waals surface area contributed by atoms with E-state index in [-0.39, 0.29) is 11.4 Å². The molecule has 0 aliphatic carbocycles. The van der Waals surface area contributed by atoms with Crippen molar-refractivity contribution in [2.24, 2.45) is 0 Å². The Hall–Kier alpha value is -1.57. The molecule has 0 radical (unpaired) electrons. The third-order valence-electron chi connectivity index (χ3n) is 2.81. The van der Waals surface area contributed by atoms with E-state index < -0.39 is 16.1 Å². The summed E-state index contributed by atoms with van der Waals surface area (Å²) in [6.07, 6.45) is 1.26. The van der Waals surface area contributed by atoms with Gasteiger partial charge in [0.25, 0.3) is 0 Å². The number of aliphatic hydroxyl groups is 1.